The first-order chi connectivity index (χ1) is 31.3. The Labute approximate surface area is 391 Å². The van der Waals surface area contributed by atoms with Crippen molar-refractivity contribution in [2.75, 3.05) is 13.2 Å². The van der Waals surface area contributed by atoms with E-state index in [4.69, 9.17) is 9.47 Å². The van der Waals surface area contributed by atoms with Crippen LogP contribution in [0.25, 0.3) is 0 Å². The Morgan fingerprint density at radius 2 is 0.984 bits per heavy atom. The summed E-state index contributed by atoms with van der Waals surface area (Å²) < 4.78 is 11.2. The summed E-state index contributed by atoms with van der Waals surface area (Å²) in [6.07, 6.45) is 54.8. The molecule has 64 heavy (non-hydrogen) atoms. The predicted octanol–water partition coefficient (Wildman–Crippen LogP) is 11.9. The van der Waals surface area contributed by atoms with Crippen molar-refractivity contribution in [3.8, 4) is 0 Å². The van der Waals surface area contributed by atoms with Crippen LogP contribution in [0.2, 0.25) is 0 Å². The number of carbonyl (C=O) groups excluding carboxylic acids is 1. The van der Waals surface area contributed by atoms with Gasteiger partial charge in [0.1, 0.15) is 24.4 Å². The Morgan fingerprint density at radius 3 is 1.50 bits per heavy atom. The number of hydrogen-bond donors (Lipinski definition) is 6. The van der Waals surface area contributed by atoms with Crippen molar-refractivity contribution in [3.63, 3.8) is 0 Å². The van der Waals surface area contributed by atoms with Gasteiger partial charge < -0.3 is 40.3 Å². The average molecular weight is 898 g/mol. The van der Waals surface area contributed by atoms with Crippen LogP contribution in [0, 0.1) is 0 Å². The van der Waals surface area contributed by atoms with Crippen LogP contribution in [0.3, 0.4) is 0 Å². The molecular formula is C55H95NO8. The van der Waals surface area contributed by atoms with Gasteiger partial charge in [-0.3, -0.25) is 4.79 Å². The summed E-state index contributed by atoms with van der Waals surface area (Å²) in [5.41, 5.74) is 0. The van der Waals surface area contributed by atoms with Crippen molar-refractivity contribution in [2.24, 2.45) is 0 Å². The van der Waals surface area contributed by atoms with Gasteiger partial charge in [0.2, 0.25) is 5.91 Å². The van der Waals surface area contributed by atoms with E-state index in [9.17, 15) is 30.3 Å². The maximum atomic E-state index is 13.0. The highest BCUT2D eigenvalue weighted by molar-refractivity contribution is 5.76. The third kappa shape index (κ3) is 33.8. The minimum atomic E-state index is -1.58. The van der Waals surface area contributed by atoms with E-state index >= 15 is 0 Å². The zero-order chi connectivity index (χ0) is 46.6. The van der Waals surface area contributed by atoms with Gasteiger partial charge in [0.25, 0.3) is 0 Å². The van der Waals surface area contributed by atoms with Crippen LogP contribution in [0.5, 0.6) is 0 Å². The molecule has 1 rings (SSSR count). The van der Waals surface area contributed by atoms with E-state index in [0.29, 0.717) is 6.42 Å². The molecule has 0 aromatic rings. The van der Waals surface area contributed by atoms with Gasteiger partial charge >= 0.3 is 0 Å². The molecule has 7 unspecified atom stereocenters. The van der Waals surface area contributed by atoms with Crippen molar-refractivity contribution in [1.29, 1.82) is 0 Å². The second kappa shape index (κ2) is 44.2. The monoisotopic (exact) mass is 898 g/mol. The highest BCUT2D eigenvalue weighted by Gasteiger charge is 2.44. The molecule has 0 radical (unpaired) electrons. The summed E-state index contributed by atoms with van der Waals surface area (Å²) in [5, 5.41) is 54.3. The van der Waals surface area contributed by atoms with Crippen LogP contribution in [0.15, 0.2) is 85.1 Å². The maximum Gasteiger partial charge on any atom is 0.220 e. The summed E-state index contributed by atoms with van der Waals surface area (Å²) in [4.78, 5) is 13.0. The first kappa shape index (κ1) is 59.4. The van der Waals surface area contributed by atoms with Gasteiger partial charge in [-0.25, -0.2) is 0 Å². The lowest BCUT2D eigenvalue weighted by molar-refractivity contribution is -0.302. The van der Waals surface area contributed by atoms with Crippen molar-refractivity contribution in [1.82, 2.24) is 5.32 Å². The molecule has 1 aliphatic rings. The van der Waals surface area contributed by atoms with E-state index < -0.39 is 49.5 Å². The molecule has 9 nitrogen and oxygen atoms in total. The van der Waals surface area contributed by atoms with Crippen molar-refractivity contribution in [3.05, 3.63) is 85.1 Å². The van der Waals surface area contributed by atoms with Crippen LogP contribution in [0.4, 0.5) is 0 Å². The van der Waals surface area contributed by atoms with Crippen LogP contribution in [-0.4, -0.2) is 87.5 Å². The van der Waals surface area contributed by atoms with E-state index in [2.05, 4.69) is 92.1 Å². The molecule has 1 amide bonds. The SMILES string of the molecule is CC/C=C\C/C=C\C/C=C\C/C=C\CCCCCCCCCCCCC(=O)NC(COC1OC(CO)C(O)C(O)C1O)C(O)/C=C/CC/C=C/CC/C=C/CCCCCCCCCC. The molecule has 0 bridgehead atoms. The molecule has 0 spiro atoms. The van der Waals surface area contributed by atoms with Gasteiger partial charge in [0, 0.05) is 6.42 Å². The van der Waals surface area contributed by atoms with Gasteiger partial charge in [-0.1, -0.05) is 195 Å². The van der Waals surface area contributed by atoms with Crippen LogP contribution in [-0.2, 0) is 14.3 Å². The fourth-order valence-electron chi connectivity index (χ4n) is 7.59. The van der Waals surface area contributed by atoms with E-state index in [0.717, 1.165) is 89.9 Å². The zero-order valence-corrected chi connectivity index (χ0v) is 40.5. The lowest BCUT2D eigenvalue weighted by Gasteiger charge is -2.40. The normalized spacial score (nSPS) is 20.8. The standard InChI is InChI=1S/C55H95NO8/c1-3-5-7-9-11-13-15-17-19-21-23-24-25-26-27-29-31-33-35-37-39-41-43-45-51(59)56-48(47-63-55-54(62)53(61)52(60)50(46-57)64-55)49(58)44-42-40-38-36-34-32-30-28-22-20-18-16-14-12-10-8-6-4-2/h5,7,11,13,17,19,22-24,28,34,36,42,44,48-50,52-55,57-58,60-62H,3-4,6,8-10,12,14-16,18,20-21,25-27,29-33,35,37-41,43,45-47H2,1-2H3,(H,56,59)/b7-5-,13-11-,19-17-,24-23-,28-22+,36-34+,44-42+. The molecule has 9 heteroatoms. The molecule has 1 heterocycles. The minimum Gasteiger partial charge on any atom is -0.394 e. The molecule has 0 saturated carbocycles. The number of aliphatic hydroxyl groups is 5. The molecule has 0 aromatic heterocycles. The fraction of sp³-hybridized carbons (Fsp3) is 0.727. The van der Waals surface area contributed by atoms with Crippen molar-refractivity contribution >= 4 is 5.91 Å². The molecule has 0 aliphatic carbocycles. The number of hydrogen-bond acceptors (Lipinski definition) is 8. The summed E-state index contributed by atoms with van der Waals surface area (Å²) in [7, 11) is 0. The molecule has 1 aliphatic heterocycles. The number of carbonyl (C=O) groups is 1. The smallest absolute Gasteiger partial charge is 0.220 e. The van der Waals surface area contributed by atoms with Crippen molar-refractivity contribution < 1.29 is 39.8 Å². The van der Waals surface area contributed by atoms with Gasteiger partial charge in [0.05, 0.1) is 25.4 Å². The number of allylic oxidation sites excluding steroid dienone is 13. The first-order valence-corrected chi connectivity index (χ1v) is 25.8. The van der Waals surface area contributed by atoms with Gasteiger partial charge in [-0.05, 0) is 83.5 Å². The maximum absolute atomic E-state index is 13.0. The Bertz CT molecular complexity index is 1270. The van der Waals surface area contributed by atoms with Gasteiger partial charge in [-0.15, -0.1) is 0 Å². The van der Waals surface area contributed by atoms with Crippen LogP contribution >= 0.6 is 0 Å². The Morgan fingerprint density at radius 1 is 0.547 bits per heavy atom. The lowest BCUT2D eigenvalue weighted by atomic mass is 9.99. The summed E-state index contributed by atoms with van der Waals surface area (Å²) >= 11 is 0. The highest BCUT2D eigenvalue weighted by atomic mass is 16.7. The third-order valence-corrected chi connectivity index (χ3v) is 11.7. The van der Waals surface area contributed by atoms with Gasteiger partial charge in [0.15, 0.2) is 6.29 Å². The number of rotatable bonds is 42. The number of unbranched alkanes of at least 4 members (excludes halogenated alkanes) is 20. The highest BCUT2D eigenvalue weighted by Crippen LogP contribution is 2.22. The van der Waals surface area contributed by atoms with Gasteiger partial charge in [-0.2, -0.15) is 0 Å². The number of ether oxygens (including phenoxy) is 2. The Balaban J connectivity index is 2.33. The summed E-state index contributed by atoms with van der Waals surface area (Å²) in [6.45, 7) is 3.63. The molecule has 1 fully saturated rings. The summed E-state index contributed by atoms with van der Waals surface area (Å²) in [6, 6.07) is -0.835. The van der Waals surface area contributed by atoms with Crippen LogP contribution in [0.1, 0.15) is 200 Å². The number of amides is 1. The topological polar surface area (TPSA) is 149 Å². The second-order valence-corrected chi connectivity index (χ2v) is 17.6. The zero-order valence-electron chi connectivity index (χ0n) is 40.5. The molecule has 7 atom stereocenters. The number of aliphatic hydroxyl groups excluding tert-OH is 5. The second-order valence-electron chi connectivity index (χ2n) is 17.6. The molecular weight excluding hydrogens is 803 g/mol. The summed E-state index contributed by atoms with van der Waals surface area (Å²) in [5.74, 6) is -0.199. The quantitative estimate of drug-likeness (QED) is 0.0262. The predicted molar refractivity (Wildman–Crippen MR) is 267 cm³/mol. The molecule has 368 valence electrons. The van der Waals surface area contributed by atoms with E-state index in [1.807, 2.05) is 6.08 Å². The first-order valence-electron chi connectivity index (χ1n) is 25.8. The molecule has 0 aromatic carbocycles. The Kier molecular flexibility index (Phi) is 41.0. The largest absolute Gasteiger partial charge is 0.394 e. The van der Waals surface area contributed by atoms with Crippen molar-refractivity contribution in [2.45, 2.75) is 243 Å². The van der Waals surface area contributed by atoms with E-state index in [1.54, 1.807) is 6.08 Å². The number of nitrogens with one attached hydrogen (secondary N) is 1. The van der Waals surface area contributed by atoms with Crippen LogP contribution < -0.4 is 5.32 Å². The third-order valence-electron chi connectivity index (χ3n) is 11.7. The fourth-order valence-corrected chi connectivity index (χ4v) is 7.59. The van der Waals surface area contributed by atoms with E-state index in [1.165, 1.54) is 89.9 Å². The lowest BCUT2D eigenvalue weighted by Crippen LogP contribution is -2.60. The average Bonchev–Trinajstić information content (AvgIpc) is 3.29. The molecule has 1 saturated heterocycles. The Hall–Kier alpha value is -2.63. The minimum absolute atomic E-state index is 0.199. The van der Waals surface area contributed by atoms with E-state index in [-0.39, 0.29) is 12.5 Å². The molecule has 6 N–H and O–H groups in total.